The third-order valence-electron chi connectivity index (χ3n) is 2.52. The number of phenolic OH excluding ortho intramolecular Hbond substituents is 1. The standard InChI is InChI=1S/C11H4N6O/c12-4-8-10(5-13)17-9-3-6(18)1-2-7(9)15-16-11(17)14-8/h1-3,18H. The molecule has 0 aliphatic rings. The third-order valence-corrected chi connectivity index (χ3v) is 2.52. The molecule has 0 radical (unpaired) electrons. The Balaban J connectivity index is 2.61. The summed E-state index contributed by atoms with van der Waals surface area (Å²) in [4.78, 5) is 3.91. The van der Waals surface area contributed by atoms with Crippen molar-refractivity contribution >= 4 is 16.8 Å². The second-order valence-electron chi connectivity index (χ2n) is 3.54. The molecule has 18 heavy (non-hydrogen) atoms. The van der Waals surface area contributed by atoms with Gasteiger partial charge in [-0.25, -0.2) is 0 Å². The van der Waals surface area contributed by atoms with Crippen molar-refractivity contribution in [2.45, 2.75) is 0 Å². The van der Waals surface area contributed by atoms with E-state index in [9.17, 15) is 5.11 Å². The van der Waals surface area contributed by atoms with Crippen LogP contribution in [0.2, 0.25) is 0 Å². The van der Waals surface area contributed by atoms with Crippen molar-refractivity contribution in [3.63, 3.8) is 0 Å². The molecule has 7 heteroatoms. The van der Waals surface area contributed by atoms with Crippen molar-refractivity contribution < 1.29 is 5.11 Å². The van der Waals surface area contributed by atoms with E-state index in [1.165, 1.54) is 16.5 Å². The molecule has 0 aliphatic carbocycles. The predicted molar refractivity (Wildman–Crippen MR) is 59.4 cm³/mol. The lowest BCUT2D eigenvalue weighted by atomic mass is 10.3. The lowest BCUT2D eigenvalue weighted by Gasteiger charge is -2.01. The minimum atomic E-state index is -0.0114. The van der Waals surface area contributed by atoms with E-state index >= 15 is 0 Å². The van der Waals surface area contributed by atoms with Crippen molar-refractivity contribution in [3.05, 3.63) is 29.6 Å². The van der Waals surface area contributed by atoms with Gasteiger partial charge >= 0.3 is 0 Å². The number of benzene rings is 1. The first-order valence-corrected chi connectivity index (χ1v) is 4.92. The molecule has 3 aromatic rings. The van der Waals surface area contributed by atoms with Crippen molar-refractivity contribution in [2.75, 3.05) is 0 Å². The molecule has 0 atom stereocenters. The molecule has 0 fully saturated rings. The van der Waals surface area contributed by atoms with Gasteiger partial charge in [0.1, 0.15) is 23.4 Å². The highest BCUT2D eigenvalue weighted by Crippen LogP contribution is 2.21. The van der Waals surface area contributed by atoms with Gasteiger partial charge in [-0.1, -0.05) is 0 Å². The minimum Gasteiger partial charge on any atom is -0.508 e. The lowest BCUT2D eigenvalue weighted by molar-refractivity contribution is 0.476. The van der Waals surface area contributed by atoms with Crippen molar-refractivity contribution in [1.82, 2.24) is 19.6 Å². The summed E-state index contributed by atoms with van der Waals surface area (Å²) in [6, 6.07) is 8.23. The third kappa shape index (κ3) is 1.19. The highest BCUT2D eigenvalue weighted by atomic mass is 16.3. The molecule has 0 saturated carbocycles. The van der Waals surface area contributed by atoms with Gasteiger partial charge in [-0.3, -0.25) is 4.40 Å². The fourth-order valence-corrected chi connectivity index (χ4v) is 1.76. The van der Waals surface area contributed by atoms with Crippen LogP contribution in [0.3, 0.4) is 0 Å². The van der Waals surface area contributed by atoms with E-state index in [0.717, 1.165) is 0 Å². The summed E-state index contributed by atoms with van der Waals surface area (Å²) in [5.41, 5.74) is 1.05. The molecule has 0 amide bonds. The maximum Gasteiger partial charge on any atom is 0.256 e. The Kier molecular flexibility index (Phi) is 1.89. The van der Waals surface area contributed by atoms with Crippen LogP contribution in [0.5, 0.6) is 5.75 Å². The predicted octanol–water partition coefficient (Wildman–Crippen LogP) is 0.726. The summed E-state index contributed by atoms with van der Waals surface area (Å²) in [7, 11) is 0. The number of aromatic nitrogens is 4. The number of fused-ring (bicyclic) bond motifs is 3. The Morgan fingerprint density at radius 3 is 2.72 bits per heavy atom. The Morgan fingerprint density at radius 2 is 2.00 bits per heavy atom. The molecule has 7 nitrogen and oxygen atoms in total. The molecule has 0 aliphatic heterocycles. The summed E-state index contributed by atoms with van der Waals surface area (Å²) in [6.07, 6.45) is 0. The number of nitrogens with zero attached hydrogens (tertiary/aromatic N) is 6. The second-order valence-corrected chi connectivity index (χ2v) is 3.54. The van der Waals surface area contributed by atoms with Crippen LogP contribution in [0.25, 0.3) is 16.8 Å². The number of hydrogen-bond donors (Lipinski definition) is 1. The van der Waals surface area contributed by atoms with Gasteiger partial charge in [-0.05, 0) is 12.1 Å². The van der Waals surface area contributed by atoms with Gasteiger partial charge in [0.15, 0.2) is 11.4 Å². The van der Waals surface area contributed by atoms with E-state index in [2.05, 4.69) is 15.2 Å². The van der Waals surface area contributed by atoms with Gasteiger partial charge in [0.25, 0.3) is 5.78 Å². The Hall–Kier alpha value is -3.19. The molecular formula is C11H4N6O. The Labute approximate surface area is 100 Å². The number of imidazole rings is 1. The van der Waals surface area contributed by atoms with Gasteiger partial charge in [-0.15, -0.1) is 10.2 Å². The maximum absolute atomic E-state index is 9.49. The first-order chi connectivity index (χ1) is 8.74. The zero-order valence-electron chi connectivity index (χ0n) is 8.86. The van der Waals surface area contributed by atoms with Gasteiger partial charge < -0.3 is 5.11 Å². The summed E-state index contributed by atoms with van der Waals surface area (Å²) < 4.78 is 1.40. The maximum atomic E-state index is 9.49. The van der Waals surface area contributed by atoms with Gasteiger partial charge in [0, 0.05) is 6.07 Å². The average molecular weight is 236 g/mol. The average Bonchev–Trinajstić information content (AvgIpc) is 2.76. The molecule has 2 aromatic heterocycles. The molecule has 0 unspecified atom stereocenters. The largest absolute Gasteiger partial charge is 0.508 e. The quantitative estimate of drug-likeness (QED) is 0.615. The van der Waals surface area contributed by atoms with E-state index in [1.54, 1.807) is 6.07 Å². The van der Waals surface area contributed by atoms with E-state index in [0.29, 0.717) is 11.0 Å². The van der Waals surface area contributed by atoms with Crippen LogP contribution < -0.4 is 0 Å². The molecule has 3 rings (SSSR count). The molecular weight excluding hydrogens is 232 g/mol. The molecule has 0 spiro atoms. The molecule has 2 heterocycles. The van der Waals surface area contributed by atoms with E-state index in [1.807, 2.05) is 12.1 Å². The van der Waals surface area contributed by atoms with Crippen LogP contribution in [-0.4, -0.2) is 24.7 Å². The van der Waals surface area contributed by atoms with Crippen molar-refractivity contribution in [2.24, 2.45) is 0 Å². The van der Waals surface area contributed by atoms with Crippen molar-refractivity contribution in [1.29, 1.82) is 10.5 Å². The minimum absolute atomic E-state index is 0.0114. The SMILES string of the molecule is N#Cc1nc2nnc3ccc(O)cc3n2c1C#N. The lowest BCUT2D eigenvalue weighted by Crippen LogP contribution is -1.97. The Bertz CT molecular complexity index is 867. The fourth-order valence-electron chi connectivity index (χ4n) is 1.76. The summed E-state index contributed by atoms with van der Waals surface area (Å²) in [6.45, 7) is 0. The number of nitriles is 2. The van der Waals surface area contributed by atoms with Crippen LogP contribution in [0.1, 0.15) is 11.4 Å². The van der Waals surface area contributed by atoms with Gasteiger partial charge in [0.05, 0.1) is 5.52 Å². The van der Waals surface area contributed by atoms with E-state index < -0.39 is 0 Å². The topological polar surface area (TPSA) is 111 Å². The van der Waals surface area contributed by atoms with Gasteiger partial charge in [0.2, 0.25) is 0 Å². The van der Waals surface area contributed by atoms with Crippen LogP contribution in [0, 0.1) is 22.7 Å². The first kappa shape index (κ1) is 10.00. The molecule has 1 aromatic carbocycles. The number of phenols is 1. The number of hydrogen-bond acceptors (Lipinski definition) is 6. The first-order valence-electron chi connectivity index (χ1n) is 4.92. The van der Waals surface area contributed by atoms with Gasteiger partial charge in [-0.2, -0.15) is 15.5 Å². The van der Waals surface area contributed by atoms with E-state index in [-0.39, 0.29) is 22.9 Å². The number of rotatable bonds is 0. The highest BCUT2D eigenvalue weighted by Gasteiger charge is 2.15. The highest BCUT2D eigenvalue weighted by molar-refractivity contribution is 5.78. The summed E-state index contributed by atoms with van der Waals surface area (Å²) in [5.74, 6) is 0.189. The second kappa shape index (κ2) is 3.40. The Morgan fingerprint density at radius 1 is 1.17 bits per heavy atom. The zero-order valence-corrected chi connectivity index (χ0v) is 8.86. The molecule has 84 valence electrons. The summed E-state index contributed by atoms with van der Waals surface area (Å²) in [5, 5.41) is 35.2. The zero-order chi connectivity index (χ0) is 12.7. The van der Waals surface area contributed by atoms with E-state index in [4.69, 9.17) is 10.5 Å². The smallest absolute Gasteiger partial charge is 0.256 e. The van der Waals surface area contributed by atoms with Crippen molar-refractivity contribution in [3.8, 4) is 17.9 Å². The monoisotopic (exact) mass is 236 g/mol. The van der Waals surface area contributed by atoms with Crippen LogP contribution in [-0.2, 0) is 0 Å². The molecule has 1 N–H and O–H groups in total. The van der Waals surface area contributed by atoms with Crippen LogP contribution in [0.15, 0.2) is 18.2 Å². The normalized spacial score (nSPS) is 10.3. The molecule has 0 saturated heterocycles. The summed E-state index contributed by atoms with van der Waals surface area (Å²) >= 11 is 0. The van der Waals surface area contributed by atoms with Crippen LogP contribution in [0.4, 0.5) is 0 Å². The number of aromatic hydroxyl groups is 1. The molecule has 0 bridgehead atoms. The fraction of sp³-hybridized carbons (Fsp3) is 0. The van der Waals surface area contributed by atoms with Crippen LogP contribution >= 0.6 is 0 Å².